The van der Waals surface area contributed by atoms with E-state index in [1.807, 2.05) is 36.4 Å². The van der Waals surface area contributed by atoms with Crippen LogP contribution in [0.25, 0.3) is 6.08 Å². The van der Waals surface area contributed by atoms with Gasteiger partial charge in [0.15, 0.2) is 5.78 Å². The van der Waals surface area contributed by atoms with Gasteiger partial charge in [0.25, 0.3) is 0 Å². The summed E-state index contributed by atoms with van der Waals surface area (Å²) in [6, 6.07) is 21.4. The van der Waals surface area contributed by atoms with Crippen molar-refractivity contribution < 1.29 is 22.7 Å². The van der Waals surface area contributed by atoms with Crippen molar-refractivity contribution in [3.05, 3.63) is 102 Å². The van der Waals surface area contributed by atoms with Gasteiger partial charge in [-0.2, -0.15) is 13.2 Å². The molecule has 3 aromatic rings. The monoisotopic (exact) mass is 410 g/mol. The first-order valence-corrected chi connectivity index (χ1v) is 9.39. The molecule has 0 aromatic heterocycles. The third-order valence-electron chi connectivity index (χ3n) is 4.79. The molecule has 0 bridgehead atoms. The molecule has 0 aliphatic rings. The van der Waals surface area contributed by atoms with E-state index in [0.717, 1.165) is 17.7 Å². The van der Waals surface area contributed by atoms with E-state index in [0.29, 0.717) is 17.1 Å². The maximum Gasteiger partial charge on any atom is 0.416 e. The van der Waals surface area contributed by atoms with Gasteiger partial charge in [-0.3, -0.25) is 4.79 Å². The van der Waals surface area contributed by atoms with Crippen LogP contribution in [0.15, 0.2) is 84.9 Å². The van der Waals surface area contributed by atoms with Crippen LogP contribution in [0, 0.1) is 0 Å². The number of carbonyl (C=O) groups excluding carboxylic acids is 1. The number of allylic oxidation sites excluding steroid dienone is 1. The Morgan fingerprint density at radius 1 is 0.800 bits per heavy atom. The van der Waals surface area contributed by atoms with Crippen LogP contribution >= 0.6 is 0 Å². The minimum Gasteiger partial charge on any atom is -0.457 e. The number of halogens is 3. The molecule has 0 aliphatic carbocycles. The van der Waals surface area contributed by atoms with E-state index in [9.17, 15) is 18.0 Å². The van der Waals surface area contributed by atoms with Crippen LogP contribution in [0.1, 0.15) is 30.5 Å². The summed E-state index contributed by atoms with van der Waals surface area (Å²) in [7, 11) is 0. The number of alkyl halides is 3. The van der Waals surface area contributed by atoms with Crippen molar-refractivity contribution in [3.8, 4) is 11.5 Å². The number of ether oxygens (including phenoxy) is 1. The third-order valence-corrected chi connectivity index (χ3v) is 4.79. The Morgan fingerprint density at radius 2 is 1.43 bits per heavy atom. The van der Waals surface area contributed by atoms with E-state index in [-0.39, 0.29) is 5.78 Å². The second-order valence-corrected chi connectivity index (χ2v) is 7.39. The Kier molecular flexibility index (Phi) is 6.11. The van der Waals surface area contributed by atoms with Gasteiger partial charge in [-0.05, 0) is 61.4 Å². The lowest BCUT2D eigenvalue weighted by Gasteiger charge is -2.23. The van der Waals surface area contributed by atoms with Crippen molar-refractivity contribution in [3.63, 3.8) is 0 Å². The highest BCUT2D eigenvalue weighted by Gasteiger charge is 2.34. The molecule has 0 saturated heterocycles. The predicted molar refractivity (Wildman–Crippen MR) is 111 cm³/mol. The number of ketones is 1. The maximum atomic E-state index is 13.0. The first kappa shape index (κ1) is 21.4. The highest BCUT2D eigenvalue weighted by molar-refractivity contribution is 6.01. The number of para-hydroxylation sites is 1. The van der Waals surface area contributed by atoms with Gasteiger partial charge >= 0.3 is 6.18 Å². The molecule has 0 atom stereocenters. The van der Waals surface area contributed by atoms with E-state index >= 15 is 0 Å². The summed E-state index contributed by atoms with van der Waals surface area (Å²) >= 11 is 0. The van der Waals surface area contributed by atoms with Gasteiger partial charge in [-0.1, -0.05) is 54.6 Å². The van der Waals surface area contributed by atoms with Crippen LogP contribution in [-0.2, 0) is 16.4 Å². The maximum absolute atomic E-state index is 13.0. The molecule has 5 heteroatoms. The van der Waals surface area contributed by atoms with E-state index in [2.05, 4.69) is 0 Å². The Hall–Kier alpha value is -3.34. The molecule has 3 rings (SSSR count). The smallest absolute Gasteiger partial charge is 0.416 e. The van der Waals surface area contributed by atoms with Gasteiger partial charge in [-0.15, -0.1) is 0 Å². The van der Waals surface area contributed by atoms with Crippen LogP contribution in [0.3, 0.4) is 0 Å². The van der Waals surface area contributed by atoms with Gasteiger partial charge in [0.05, 0.1) is 11.0 Å². The molecule has 0 fully saturated rings. The Bertz CT molecular complexity index is 1050. The summed E-state index contributed by atoms with van der Waals surface area (Å²) in [5.74, 6) is 1.02. The fraction of sp³-hybridized carbons (Fsp3) is 0.160. The minimum absolute atomic E-state index is 0.295. The molecular formula is C25H21F3O2. The molecule has 0 spiro atoms. The highest BCUT2D eigenvalue weighted by Crippen LogP contribution is 2.33. The first-order chi connectivity index (χ1) is 14.2. The summed E-state index contributed by atoms with van der Waals surface area (Å²) in [6.07, 6.45) is -1.43. The Balaban J connectivity index is 1.77. The highest BCUT2D eigenvalue weighted by atomic mass is 19.4. The summed E-state index contributed by atoms with van der Waals surface area (Å²) < 4.78 is 44.8. The third kappa shape index (κ3) is 5.17. The summed E-state index contributed by atoms with van der Waals surface area (Å²) in [5, 5.41) is 0. The predicted octanol–water partition coefficient (Wildman–Crippen LogP) is 7.06. The summed E-state index contributed by atoms with van der Waals surface area (Å²) in [5.41, 5.74) is -0.809. The van der Waals surface area contributed by atoms with Gasteiger partial charge in [0.2, 0.25) is 0 Å². The van der Waals surface area contributed by atoms with E-state index in [1.165, 1.54) is 18.2 Å². The molecule has 0 heterocycles. The Labute approximate surface area is 173 Å². The van der Waals surface area contributed by atoms with Gasteiger partial charge < -0.3 is 4.74 Å². The van der Waals surface area contributed by atoms with Crippen LogP contribution in [0.5, 0.6) is 11.5 Å². The van der Waals surface area contributed by atoms with Crippen LogP contribution in [-0.4, -0.2) is 5.78 Å². The number of rotatable bonds is 6. The molecule has 0 aliphatic heterocycles. The number of hydrogen-bond acceptors (Lipinski definition) is 2. The van der Waals surface area contributed by atoms with Crippen molar-refractivity contribution in [2.75, 3.05) is 0 Å². The van der Waals surface area contributed by atoms with Crippen LogP contribution < -0.4 is 4.74 Å². The molecule has 2 nitrogen and oxygen atoms in total. The number of carbonyl (C=O) groups is 1. The van der Waals surface area contributed by atoms with Crippen molar-refractivity contribution in [1.82, 2.24) is 0 Å². The van der Waals surface area contributed by atoms with Crippen LogP contribution in [0.4, 0.5) is 13.2 Å². The molecule has 0 saturated carbocycles. The molecule has 0 unspecified atom stereocenters. The quantitative estimate of drug-likeness (QED) is 0.407. The second kappa shape index (κ2) is 8.57. The van der Waals surface area contributed by atoms with Crippen molar-refractivity contribution >= 4 is 11.9 Å². The van der Waals surface area contributed by atoms with Crippen molar-refractivity contribution in [2.24, 2.45) is 0 Å². The van der Waals surface area contributed by atoms with Gasteiger partial charge in [0.1, 0.15) is 11.5 Å². The van der Waals surface area contributed by atoms with Gasteiger partial charge in [-0.25, -0.2) is 0 Å². The summed E-state index contributed by atoms with van der Waals surface area (Å²) in [6.45, 7) is 3.23. The SMILES string of the molecule is CC(C)(C(=O)C=Cc1cccc(Oc2ccccc2)c1)c1cccc(C(F)(F)F)c1. The molecule has 3 aromatic carbocycles. The fourth-order valence-electron chi connectivity index (χ4n) is 2.91. The van der Waals surface area contributed by atoms with Crippen molar-refractivity contribution in [1.29, 1.82) is 0 Å². The lowest BCUT2D eigenvalue weighted by atomic mass is 9.79. The molecule has 0 amide bonds. The zero-order valence-corrected chi connectivity index (χ0v) is 16.6. The zero-order valence-electron chi connectivity index (χ0n) is 16.6. The average molecular weight is 410 g/mol. The second-order valence-electron chi connectivity index (χ2n) is 7.39. The standard InChI is InChI=1S/C25H21F3O2/c1-24(2,19-9-7-10-20(17-19)25(26,27)28)23(29)15-14-18-8-6-13-22(16-18)30-21-11-4-3-5-12-21/h3-17H,1-2H3. The number of hydrogen-bond donors (Lipinski definition) is 0. The molecule has 154 valence electrons. The largest absolute Gasteiger partial charge is 0.457 e. The van der Waals surface area contributed by atoms with Gasteiger partial charge in [0, 0.05) is 0 Å². The lowest BCUT2D eigenvalue weighted by Crippen LogP contribution is -2.27. The fourth-order valence-corrected chi connectivity index (χ4v) is 2.91. The average Bonchev–Trinajstić information content (AvgIpc) is 2.72. The summed E-state index contributed by atoms with van der Waals surface area (Å²) in [4.78, 5) is 12.8. The van der Waals surface area contributed by atoms with E-state index in [1.54, 1.807) is 38.1 Å². The Morgan fingerprint density at radius 3 is 2.13 bits per heavy atom. The topological polar surface area (TPSA) is 26.3 Å². The lowest BCUT2D eigenvalue weighted by molar-refractivity contribution is -0.137. The minimum atomic E-state index is -4.45. The molecule has 0 radical (unpaired) electrons. The van der Waals surface area contributed by atoms with E-state index < -0.39 is 17.2 Å². The zero-order chi connectivity index (χ0) is 21.8. The molecule has 30 heavy (non-hydrogen) atoms. The van der Waals surface area contributed by atoms with Crippen molar-refractivity contribution in [2.45, 2.75) is 25.4 Å². The van der Waals surface area contributed by atoms with E-state index in [4.69, 9.17) is 4.74 Å². The van der Waals surface area contributed by atoms with Crippen LogP contribution in [0.2, 0.25) is 0 Å². The molecular weight excluding hydrogens is 389 g/mol. The molecule has 0 N–H and O–H groups in total. The normalized spacial score (nSPS) is 12.2. The number of benzene rings is 3. The first-order valence-electron chi connectivity index (χ1n) is 9.39.